The number of aliphatic imine (C=N–C) groups is 1. The van der Waals surface area contributed by atoms with Crippen LogP contribution in [0.5, 0.6) is 0 Å². The van der Waals surface area contributed by atoms with Crippen LogP contribution >= 0.6 is 0 Å². The molecule has 0 radical (unpaired) electrons. The highest BCUT2D eigenvalue weighted by molar-refractivity contribution is 6.08. The molecule has 5 heteroatoms. The van der Waals surface area contributed by atoms with Gasteiger partial charge in [0.05, 0.1) is 17.6 Å². The molecule has 3 aromatic heterocycles. The minimum Gasteiger partial charge on any atom is -0.313 e. The van der Waals surface area contributed by atoms with E-state index in [-0.39, 0.29) is 0 Å². The lowest BCUT2D eigenvalue weighted by molar-refractivity contribution is 0.935. The summed E-state index contributed by atoms with van der Waals surface area (Å²) in [5.41, 5.74) is 2.86. The smallest absolute Gasteiger partial charge is 0.137 e. The summed E-state index contributed by atoms with van der Waals surface area (Å²) in [4.78, 5) is 15.4. The number of nitrogens with zero attached hydrogens (tertiary/aromatic N) is 5. The Morgan fingerprint density at radius 2 is 1.95 bits per heavy atom. The minimum absolute atomic E-state index is 0.558. The summed E-state index contributed by atoms with van der Waals surface area (Å²) in [5, 5.41) is 0. The van der Waals surface area contributed by atoms with Gasteiger partial charge >= 0.3 is 0 Å². The molecule has 0 N–H and O–H groups in total. The first-order valence-corrected chi connectivity index (χ1v) is 6.74. The van der Waals surface area contributed by atoms with Crippen molar-refractivity contribution in [2.45, 2.75) is 0 Å². The minimum atomic E-state index is 0.558. The molecular formula is C16H13N5. The molecule has 21 heavy (non-hydrogen) atoms. The van der Waals surface area contributed by atoms with Crippen LogP contribution in [0.15, 0.2) is 72.3 Å². The van der Waals surface area contributed by atoms with Gasteiger partial charge in [0.1, 0.15) is 18.1 Å². The summed E-state index contributed by atoms with van der Waals surface area (Å²) in [6, 6.07) is 11.8. The van der Waals surface area contributed by atoms with E-state index in [9.17, 15) is 0 Å². The number of allylic oxidation sites excluding steroid dienone is 1. The average Bonchev–Trinajstić information content (AvgIpc) is 3.00. The molecule has 5 nitrogen and oxygen atoms in total. The summed E-state index contributed by atoms with van der Waals surface area (Å²) in [5.74, 6) is 0.898. The fraction of sp³-hybridized carbons (Fsp3) is 0.0625. The standard InChI is InChI=1S/C16H13N5/c1-3-8-17-15(5-1)20-10-7-13(19-12-20)14-11-18-16-6-2-4-9-21(14)16/h1-11H,12H2. The topological polar surface area (TPSA) is 45.8 Å². The molecule has 0 bridgehead atoms. The summed E-state index contributed by atoms with van der Waals surface area (Å²) in [6.07, 6.45) is 9.64. The Labute approximate surface area is 121 Å². The monoisotopic (exact) mass is 275 g/mol. The Morgan fingerprint density at radius 3 is 2.76 bits per heavy atom. The van der Waals surface area contributed by atoms with Gasteiger partial charge in [-0.2, -0.15) is 0 Å². The van der Waals surface area contributed by atoms with E-state index in [0.29, 0.717) is 6.67 Å². The lowest BCUT2D eigenvalue weighted by Crippen LogP contribution is -2.22. The van der Waals surface area contributed by atoms with Crippen LogP contribution in [-0.2, 0) is 0 Å². The van der Waals surface area contributed by atoms with Crippen LogP contribution in [0.4, 0.5) is 5.82 Å². The third kappa shape index (κ3) is 2.08. The number of fused-ring (bicyclic) bond motifs is 1. The maximum Gasteiger partial charge on any atom is 0.137 e. The first-order valence-electron chi connectivity index (χ1n) is 6.74. The van der Waals surface area contributed by atoms with Crippen LogP contribution in [-0.4, -0.2) is 26.7 Å². The Hall–Kier alpha value is -2.95. The Kier molecular flexibility index (Phi) is 2.74. The van der Waals surface area contributed by atoms with E-state index < -0.39 is 0 Å². The molecule has 0 aliphatic carbocycles. The molecule has 3 aromatic rings. The van der Waals surface area contributed by atoms with Gasteiger partial charge in [-0.25, -0.2) is 9.97 Å². The number of pyridine rings is 2. The highest BCUT2D eigenvalue weighted by Crippen LogP contribution is 2.15. The molecule has 1 aliphatic rings. The van der Waals surface area contributed by atoms with Crippen molar-refractivity contribution in [1.82, 2.24) is 14.4 Å². The molecule has 4 rings (SSSR count). The lowest BCUT2D eigenvalue weighted by Gasteiger charge is -2.20. The number of aromatic nitrogens is 3. The quantitative estimate of drug-likeness (QED) is 0.722. The zero-order valence-electron chi connectivity index (χ0n) is 11.3. The predicted molar refractivity (Wildman–Crippen MR) is 82.5 cm³/mol. The fourth-order valence-electron chi connectivity index (χ4n) is 2.37. The van der Waals surface area contributed by atoms with Crippen molar-refractivity contribution in [2.24, 2.45) is 4.99 Å². The predicted octanol–water partition coefficient (Wildman–Crippen LogP) is 2.51. The molecule has 1 aliphatic heterocycles. The number of hydrogen-bond donors (Lipinski definition) is 0. The molecule has 4 heterocycles. The zero-order chi connectivity index (χ0) is 14.1. The molecule has 0 saturated carbocycles. The second-order valence-corrected chi connectivity index (χ2v) is 4.73. The molecule has 102 valence electrons. The summed E-state index contributed by atoms with van der Waals surface area (Å²) in [7, 11) is 0. The van der Waals surface area contributed by atoms with Crippen LogP contribution in [0.25, 0.3) is 5.65 Å². The third-order valence-corrected chi connectivity index (χ3v) is 3.43. The van der Waals surface area contributed by atoms with Gasteiger partial charge in [0, 0.05) is 18.6 Å². The van der Waals surface area contributed by atoms with E-state index in [1.54, 1.807) is 6.20 Å². The molecule has 0 spiro atoms. The zero-order valence-corrected chi connectivity index (χ0v) is 11.3. The van der Waals surface area contributed by atoms with Crippen LogP contribution < -0.4 is 4.90 Å². The lowest BCUT2D eigenvalue weighted by atomic mass is 10.2. The van der Waals surface area contributed by atoms with Gasteiger partial charge in [-0.3, -0.25) is 9.39 Å². The molecule has 0 atom stereocenters. The van der Waals surface area contributed by atoms with Gasteiger partial charge in [0.2, 0.25) is 0 Å². The Balaban J connectivity index is 1.65. The van der Waals surface area contributed by atoms with Gasteiger partial charge in [-0.05, 0) is 30.3 Å². The van der Waals surface area contributed by atoms with Gasteiger partial charge in [0.15, 0.2) is 0 Å². The highest BCUT2D eigenvalue weighted by Gasteiger charge is 2.13. The SMILES string of the molecule is C1=CN(c2ccccn2)CN=C1c1cnc2ccccn12. The van der Waals surface area contributed by atoms with Gasteiger partial charge < -0.3 is 4.90 Å². The maximum atomic E-state index is 4.63. The van der Waals surface area contributed by atoms with Gasteiger partial charge in [-0.1, -0.05) is 12.1 Å². The van der Waals surface area contributed by atoms with Crippen LogP contribution in [0.2, 0.25) is 0 Å². The van der Waals surface area contributed by atoms with Gasteiger partial charge in [-0.15, -0.1) is 0 Å². The molecule has 0 aromatic carbocycles. The van der Waals surface area contributed by atoms with Crippen LogP contribution in [0, 0.1) is 0 Å². The largest absolute Gasteiger partial charge is 0.313 e. The fourth-order valence-corrected chi connectivity index (χ4v) is 2.37. The van der Waals surface area contributed by atoms with E-state index in [2.05, 4.69) is 15.0 Å². The van der Waals surface area contributed by atoms with E-state index >= 15 is 0 Å². The van der Waals surface area contributed by atoms with Crippen molar-refractivity contribution in [3.8, 4) is 0 Å². The molecule has 0 fully saturated rings. The number of rotatable bonds is 2. The number of hydrogen-bond acceptors (Lipinski definition) is 4. The second-order valence-electron chi connectivity index (χ2n) is 4.73. The van der Waals surface area contributed by atoms with Crippen LogP contribution in [0.1, 0.15) is 5.69 Å². The second kappa shape index (κ2) is 4.86. The Morgan fingerprint density at radius 1 is 1.00 bits per heavy atom. The third-order valence-electron chi connectivity index (χ3n) is 3.43. The summed E-state index contributed by atoms with van der Waals surface area (Å²) < 4.78 is 2.04. The highest BCUT2D eigenvalue weighted by atomic mass is 15.2. The summed E-state index contributed by atoms with van der Waals surface area (Å²) in [6.45, 7) is 0.558. The molecule has 0 amide bonds. The molecular weight excluding hydrogens is 262 g/mol. The first kappa shape index (κ1) is 11.8. The van der Waals surface area contributed by atoms with Crippen molar-refractivity contribution >= 4 is 17.2 Å². The number of anilines is 1. The first-order chi connectivity index (χ1) is 10.4. The van der Waals surface area contributed by atoms with Gasteiger partial charge in [0.25, 0.3) is 0 Å². The molecule has 0 unspecified atom stereocenters. The van der Waals surface area contributed by atoms with Crippen LogP contribution in [0.3, 0.4) is 0 Å². The van der Waals surface area contributed by atoms with E-state index in [1.807, 2.05) is 70.4 Å². The van der Waals surface area contributed by atoms with Crippen molar-refractivity contribution < 1.29 is 0 Å². The van der Waals surface area contributed by atoms with E-state index in [0.717, 1.165) is 22.9 Å². The van der Waals surface area contributed by atoms with E-state index in [4.69, 9.17) is 0 Å². The van der Waals surface area contributed by atoms with E-state index in [1.165, 1.54) is 0 Å². The van der Waals surface area contributed by atoms with Crippen molar-refractivity contribution in [2.75, 3.05) is 11.6 Å². The van der Waals surface area contributed by atoms with Crippen molar-refractivity contribution in [1.29, 1.82) is 0 Å². The average molecular weight is 275 g/mol. The summed E-state index contributed by atoms with van der Waals surface area (Å²) >= 11 is 0. The Bertz CT molecular complexity index is 832. The normalized spacial score (nSPS) is 14.5. The van der Waals surface area contributed by atoms with Crippen molar-refractivity contribution in [3.63, 3.8) is 0 Å². The molecule has 0 saturated heterocycles. The number of imidazole rings is 1. The van der Waals surface area contributed by atoms with Crippen molar-refractivity contribution in [3.05, 3.63) is 73.0 Å². The maximum absolute atomic E-state index is 4.63.